The number of aliphatic hydroxyl groups excluding tert-OH is 1. The topological polar surface area (TPSA) is 65.6 Å². The van der Waals surface area contributed by atoms with Crippen LogP contribution < -0.4 is 4.74 Å². The quantitative estimate of drug-likeness (QED) is 0.910. The van der Waals surface area contributed by atoms with Crippen molar-refractivity contribution in [3.63, 3.8) is 0 Å². The fourth-order valence-electron chi connectivity index (χ4n) is 3.41. The van der Waals surface area contributed by atoms with Crippen molar-refractivity contribution in [2.75, 3.05) is 26.8 Å². The molecule has 1 atom stereocenters. The normalized spacial score (nSPS) is 18.9. The minimum absolute atomic E-state index is 0.122. The lowest BCUT2D eigenvalue weighted by atomic mass is 10.0. The number of fused-ring (bicyclic) bond motifs is 1. The molecule has 1 aliphatic heterocycles. The highest BCUT2D eigenvalue weighted by Crippen LogP contribution is 2.29. The van der Waals surface area contributed by atoms with Gasteiger partial charge in [-0.1, -0.05) is 12.5 Å². The van der Waals surface area contributed by atoms with Crippen LogP contribution in [-0.4, -0.2) is 47.7 Å². The fourth-order valence-corrected chi connectivity index (χ4v) is 3.41. The lowest BCUT2D eigenvalue weighted by Crippen LogP contribution is -2.36. The summed E-state index contributed by atoms with van der Waals surface area (Å²) in [4.78, 5) is 17.8. The monoisotopic (exact) mass is 316 g/mol. The van der Waals surface area contributed by atoms with E-state index in [1.165, 1.54) is 0 Å². The van der Waals surface area contributed by atoms with E-state index in [0.29, 0.717) is 13.0 Å². The van der Waals surface area contributed by atoms with Gasteiger partial charge in [0, 0.05) is 36.8 Å². The van der Waals surface area contributed by atoms with E-state index < -0.39 is 0 Å². The molecule has 2 heterocycles. The van der Waals surface area contributed by atoms with Crippen LogP contribution in [0.25, 0.3) is 10.9 Å². The highest BCUT2D eigenvalue weighted by molar-refractivity contribution is 5.93. The third-order valence-corrected chi connectivity index (χ3v) is 4.69. The van der Waals surface area contributed by atoms with E-state index in [9.17, 15) is 9.90 Å². The predicted molar refractivity (Wildman–Crippen MR) is 89.6 cm³/mol. The number of hydrogen-bond acceptors (Lipinski definition) is 3. The number of ether oxygens (including phenoxy) is 1. The first kappa shape index (κ1) is 15.9. The Labute approximate surface area is 136 Å². The average Bonchev–Trinajstić information content (AvgIpc) is 2.83. The lowest BCUT2D eigenvalue weighted by molar-refractivity contribution is -0.131. The minimum Gasteiger partial charge on any atom is -0.496 e. The number of aromatic amines is 1. The molecule has 0 bridgehead atoms. The zero-order valence-corrected chi connectivity index (χ0v) is 13.5. The van der Waals surface area contributed by atoms with Crippen LogP contribution >= 0.6 is 0 Å². The van der Waals surface area contributed by atoms with Crippen LogP contribution in [0.5, 0.6) is 5.75 Å². The van der Waals surface area contributed by atoms with E-state index >= 15 is 0 Å². The van der Waals surface area contributed by atoms with Gasteiger partial charge in [-0.3, -0.25) is 4.79 Å². The molecule has 0 saturated carbocycles. The number of aliphatic hydroxyl groups is 1. The van der Waals surface area contributed by atoms with Gasteiger partial charge in [-0.05, 0) is 36.5 Å². The molecule has 5 nitrogen and oxygen atoms in total. The summed E-state index contributed by atoms with van der Waals surface area (Å²) in [5, 5.41) is 10.4. The molecule has 1 amide bonds. The van der Waals surface area contributed by atoms with Gasteiger partial charge in [0.05, 0.1) is 13.5 Å². The zero-order valence-electron chi connectivity index (χ0n) is 13.5. The van der Waals surface area contributed by atoms with Gasteiger partial charge in [0.2, 0.25) is 5.91 Å². The molecule has 3 rings (SSSR count). The molecule has 124 valence electrons. The Morgan fingerprint density at radius 3 is 3.09 bits per heavy atom. The summed E-state index contributed by atoms with van der Waals surface area (Å²) in [7, 11) is 1.65. The van der Waals surface area contributed by atoms with Crippen molar-refractivity contribution in [2.45, 2.75) is 25.7 Å². The van der Waals surface area contributed by atoms with Gasteiger partial charge in [0.1, 0.15) is 5.75 Å². The van der Waals surface area contributed by atoms with Crippen LogP contribution in [0.2, 0.25) is 0 Å². The first-order valence-electron chi connectivity index (χ1n) is 8.24. The smallest absolute Gasteiger partial charge is 0.227 e. The SMILES string of the molecule is COc1cccc2[nH]cc(CC(=O)N3CCCCC(CO)C3)c12. The summed E-state index contributed by atoms with van der Waals surface area (Å²) < 4.78 is 5.43. The molecule has 1 fully saturated rings. The summed E-state index contributed by atoms with van der Waals surface area (Å²) >= 11 is 0. The number of H-pyrrole nitrogens is 1. The lowest BCUT2D eigenvalue weighted by Gasteiger charge is -2.23. The molecule has 0 radical (unpaired) electrons. The molecule has 1 aliphatic rings. The van der Waals surface area contributed by atoms with E-state index in [0.717, 1.165) is 48.0 Å². The van der Waals surface area contributed by atoms with E-state index in [1.807, 2.05) is 29.3 Å². The van der Waals surface area contributed by atoms with Crippen LogP contribution in [0, 0.1) is 5.92 Å². The van der Waals surface area contributed by atoms with Crippen LogP contribution in [0.4, 0.5) is 0 Å². The summed E-state index contributed by atoms with van der Waals surface area (Å²) in [6.45, 7) is 1.61. The molecule has 0 aliphatic carbocycles. The second-order valence-corrected chi connectivity index (χ2v) is 6.26. The Hall–Kier alpha value is -2.01. The van der Waals surface area contributed by atoms with Gasteiger partial charge >= 0.3 is 0 Å². The second-order valence-electron chi connectivity index (χ2n) is 6.26. The summed E-state index contributed by atoms with van der Waals surface area (Å²) in [6, 6.07) is 5.83. The predicted octanol–water partition coefficient (Wildman–Crippen LogP) is 2.34. The number of carbonyl (C=O) groups is 1. The number of amides is 1. The third-order valence-electron chi connectivity index (χ3n) is 4.69. The number of nitrogens with one attached hydrogen (secondary N) is 1. The van der Waals surface area contributed by atoms with Crippen molar-refractivity contribution in [2.24, 2.45) is 5.92 Å². The van der Waals surface area contributed by atoms with E-state index in [4.69, 9.17) is 4.74 Å². The van der Waals surface area contributed by atoms with Crippen molar-refractivity contribution < 1.29 is 14.6 Å². The molecule has 1 aromatic heterocycles. The molecule has 5 heteroatoms. The van der Waals surface area contributed by atoms with Crippen molar-refractivity contribution in [1.29, 1.82) is 0 Å². The number of hydrogen-bond donors (Lipinski definition) is 2. The number of benzene rings is 1. The molecule has 2 aromatic rings. The number of rotatable bonds is 4. The molecule has 0 spiro atoms. The van der Waals surface area contributed by atoms with Crippen LogP contribution in [0.3, 0.4) is 0 Å². The molecular formula is C18H24N2O3. The van der Waals surface area contributed by atoms with E-state index in [1.54, 1.807) is 7.11 Å². The molecule has 1 saturated heterocycles. The van der Waals surface area contributed by atoms with Gasteiger partial charge in [0.15, 0.2) is 0 Å². The Kier molecular flexibility index (Phi) is 4.86. The third kappa shape index (κ3) is 3.34. The minimum atomic E-state index is 0.122. The van der Waals surface area contributed by atoms with Crippen LogP contribution in [0.1, 0.15) is 24.8 Å². The fraction of sp³-hybridized carbons (Fsp3) is 0.500. The zero-order chi connectivity index (χ0) is 16.2. The Morgan fingerprint density at radius 1 is 1.43 bits per heavy atom. The Bertz CT molecular complexity index is 680. The van der Waals surface area contributed by atoms with Gasteiger partial charge in [-0.15, -0.1) is 0 Å². The number of likely N-dealkylation sites (tertiary alicyclic amines) is 1. The van der Waals surface area contributed by atoms with Crippen LogP contribution in [-0.2, 0) is 11.2 Å². The van der Waals surface area contributed by atoms with Crippen LogP contribution in [0.15, 0.2) is 24.4 Å². The van der Waals surface area contributed by atoms with Crippen molar-refractivity contribution in [1.82, 2.24) is 9.88 Å². The average molecular weight is 316 g/mol. The van der Waals surface area contributed by atoms with Crippen molar-refractivity contribution in [3.8, 4) is 5.75 Å². The maximum absolute atomic E-state index is 12.7. The molecular weight excluding hydrogens is 292 g/mol. The number of nitrogens with zero attached hydrogens (tertiary/aromatic N) is 1. The maximum Gasteiger partial charge on any atom is 0.227 e. The number of methoxy groups -OCH3 is 1. The van der Waals surface area contributed by atoms with Gasteiger partial charge in [-0.25, -0.2) is 0 Å². The van der Waals surface area contributed by atoms with Crippen molar-refractivity contribution in [3.05, 3.63) is 30.0 Å². The summed E-state index contributed by atoms with van der Waals surface area (Å²) in [5.74, 6) is 1.12. The molecule has 23 heavy (non-hydrogen) atoms. The molecule has 1 unspecified atom stereocenters. The Balaban J connectivity index is 1.80. The maximum atomic E-state index is 12.7. The molecule has 2 N–H and O–H groups in total. The van der Waals surface area contributed by atoms with E-state index in [-0.39, 0.29) is 18.4 Å². The highest BCUT2D eigenvalue weighted by Gasteiger charge is 2.22. The largest absolute Gasteiger partial charge is 0.496 e. The van der Waals surface area contributed by atoms with Gasteiger partial charge in [0.25, 0.3) is 0 Å². The van der Waals surface area contributed by atoms with Gasteiger partial charge in [-0.2, -0.15) is 0 Å². The van der Waals surface area contributed by atoms with Crippen molar-refractivity contribution >= 4 is 16.8 Å². The summed E-state index contributed by atoms with van der Waals surface area (Å²) in [6.07, 6.45) is 5.35. The number of aromatic nitrogens is 1. The van der Waals surface area contributed by atoms with E-state index in [2.05, 4.69) is 4.98 Å². The number of carbonyl (C=O) groups excluding carboxylic acids is 1. The van der Waals surface area contributed by atoms with Gasteiger partial charge < -0.3 is 19.7 Å². The first-order chi connectivity index (χ1) is 11.2. The Morgan fingerprint density at radius 2 is 2.30 bits per heavy atom. The molecule has 1 aromatic carbocycles. The first-order valence-corrected chi connectivity index (χ1v) is 8.24. The summed E-state index contributed by atoms with van der Waals surface area (Å²) in [5.41, 5.74) is 1.95. The second kappa shape index (κ2) is 7.04. The standard InChI is InChI=1S/C18H24N2O3/c1-23-16-7-4-6-15-18(16)14(10-19-15)9-17(22)20-8-3-2-5-13(11-20)12-21/h4,6-7,10,13,19,21H,2-3,5,8-9,11-12H2,1H3. The highest BCUT2D eigenvalue weighted by atomic mass is 16.5.